The summed E-state index contributed by atoms with van der Waals surface area (Å²) in [5, 5.41) is 7.96. The Morgan fingerprint density at radius 1 is 1.24 bits per heavy atom. The van der Waals surface area contributed by atoms with Crippen molar-refractivity contribution in [2.75, 3.05) is 0 Å². The van der Waals surface area contributed by atoms with Crippen molar-refractivity contribution < 1.29 is 14.1 Å². The zero-order valence-corrected chi connectivity index (χ0v) is 20.6. The number of ether oxygens (including phenoxy) is 1. The van der Waals surface area contributed by atoms with E-state index in [0.29, 0.717) is 11.4 Å². The minimum atomic E-state index is -0.197. The number of aromatic nitrogens is 2. The quantitative estimate of drug-likeness (QED) is 0.358. The third kappa shape index (κ3) is 3.67. The number of hydrogen-bond donors (Lipinski definition) is 1. The standard InChI is InChI=1S/C26H24ClN3O3S/c1-13(29-14(2)31)23-12-21-26(34-23)17(7-8-28-21)19-11-16(27)9-15-10-22(32-24(15)19)25-18-5-3-4-6-20(18)30-33-25/h7-9,11-13,22H,3-6,10H2,1-2H3,(H,29,31)/t13?,22-/m1/s1. The fourth-order valence-electron chi connectivity index (χ4n) is 5.10. The van der Waals surface area contributed by atoms with Crippen LogP contribution in [0.4, 0.5) is 0 Å². The molecule has 3 aromatic heterocycles. The molecule has 1 aliphatic heterocycles. The zero-order chi connectivity index (χ0) is 23.4. The molecule has 1 aromatic carbocycles. The van der Waals surface area contributed by atoms with Crippen molar-refractivity contribution in [2.24, 2.45) is 0 Å². The second-order valence-corrected chi connectivity index (χ2v) is 10.6. The van der Waals surface area contributed by atoms with Crippen LogP contribution in [0, 0.1) is 0 Å². The summed E-state index contributed by atoms with van der Waals surface area (Å²) in [6, 6.07) is 7.90. The number of nitrogens with zero attached hydrogens (tertiary/aromatic N) is 2. The maximum absolute atomic E-state index is 11.5. The van der Waals surface area contributed by atoms with Crippen molar-refractivity contribution in [1.82, 2.24) is 15.5 Å². The van der Waals surface area contributed by atoms with E-state index in [4.69, 9.17) is 20.9 Å². The number of fused-ring (bicyclic) bond motifs is 3. The van der Waals surface area contributed by atoms with E-state index >= 15 is 0 Å². The lowest BCUT2D eigenvalue weighted by atomic mass is 9.93. The van der Waals surface area contributed by atoms with Crippen molar-refractivity contribution >= 4 is 39.1 Å². The molecule has 174 valence electrons. The Morgan fingerprint density at radius 3 is 2.94 bits per heavy atom. The minimum Gasteiger partial charge on any atom is -0.481 e. The second-order valence-electron chi connectivity index (χ2n) is 9.08. The predicted octanol–water partition coefficient (Wildman–Crippen LogP) is 6.36. The molecule has 1 aliphatic carbocycles. The Hall–Kier alpha value is -2.90. The van der Waals surface area contributed by atoms with Crippen LogP contribution in [0.2, 0.25) is 5.02 Å². The van der Waals surface area contributed by atoms with Crippen LogP contribution in [0.5, 0.6) is 5.75 Å². The van der Waals surface area contributed by atoms with E-state index in [-0.39, 0.29) is 18.1 Å². The topological polar surface area (TPSA) is 77.2 Å². The number of aryl methyl sites for hydroxylation is 1. The average molecular weight is 494 g/mol. The summed E-state index contributed by atoms with van der Waals surface area (Å²) in [4.78, 5) is 17.2. The van der Waals surface area contributed by atoms with Crippen LogP contribution in [0.25, 0.3) is 21.3 Å². The average Bonchev–Trinajstić information content (AvgIpc) is 3.53. The number of hydrogen-bond acceptors (Lipinski definition) is 6. The van der Waals surface area contributed by atoms with Gasteiger partial charge in [0.2, 0.25) is 5.91 Å². The molecule has 1 unspecified atom stereocenters. The van der Waals surface area contributed by atoms with Gasteiger partial charge in [0, 0.05) is 51.7 Å². The van der Waals surface area contributed by atoms with Gasteiger partial charge in [-0.05, 0) is 56.9 Å². The normalized spacial score (nSPS) is 17.8. The van der Waals surface area contributed by atoms with E-state index in [2.05, 4.69) is 15.5 Å². The first kappa shape index (κ1) is 21.6. The molecular formula is C26H24ClN3O3S. The number of pyridine rings is 1. The first-order chi connectivity index (χ1) is 16.5. The minimum absolute atomic E-state index is 0.0557. The van der Waals surface area contributed by atoms with Crippen molar-refractivity contribution in [3.05, 3.63) is 62.9 Å². The van der Waals surface area contributed by atoms with E-state index < -0.39 is 0 Å². The lowest BCUT2D eigenvalue weighted by molar-refractivity contribution is -0.119. The number of thiophene rings is 1. The summed E-state index contributed by atoms with van der Waals surface area (Å²) in [6.45, 7) is 3.51. The van der Waals surface area contributed by atoms with Crippen molar-refractivity contribution in [2.45, 2.75) is 58.1 Å². The van der Waals surface area contributed by atoms with Crippen LogP contribution in [-0.4, -0.2) is 16.0 Å². The van der Waals surface area contributed by atoms with Crippen LogP contribution >= 0.6 is 22.9 Å². The summed E-state index contributed by atoms with van der Waals surface area (Å²) in [5.74, 6) is 1.64. The first-order valence-corrected chi connectivity index (χ1v) is 12.8. The van der Waals surface area contributed by atoms with E-state index in [1.54, 1.807) is 11.3 Å². The van der Waals surface area contributed by atoms with Crippen LogP contribution in [0.1, 0.15) is 66.3 Å². The van der Waals surface area contributed by atoms with Gasteiger partial charge in [0.1, 0.15) is 5.75 Å². The Bertz CT molecular complexity index is 1430. The molecule has 0 radical (unpaired) electrons. The molecule has 0 spiro atoms. The van der Waals surface area contributed by atoms with Gasteiger partial charge < -0.3 is 14.6 Å². The van der Waals surface area contributed by atoms with Gasteiger partial charge in [-0.15, -0.1) is 11.3 Å². The maximum atomic E-state index is 11.5. The molecule has 0 fully saturated rings. The molecule has 4 aromatic rings. The number of rotatable bonds is 4. The highest BCUT2D eigenvalue weighted by Gasteiger charge is 2.34. The molecule has 34 heavy (non-hydrogen) atoms. The van der Waals surface area contributed by atoms with E-state index in [0.717, 1.165) is 74.7 Å². The third-order valence-electron chi connectivity index (χ3n) is 6.65. The molecule has 4 heterocycles. The Morgan fingerprint density at radius 2 is 2.09 bits per heavy atom. The van der Waals surface area contributed by atoms with Crippen molar-refractivity contribution in [3.8, 4) is 16.9 Å². The molecule has 1 N–H and O–H groups in total. The number of halogens is 1. The Kier molecular flexibility index (Phi) is 5.34. The van der Waals surface area contributed by atoms with Gasteiger partial charge in [0.05, 0.1) is 22.0 Å². The lowest BCUT2D eigenvalue weighted by Gasteiger charge is -2.14. The highest BCUT2D eigenvalue weighted by molar-refractivity contribution is 7.19. The zero-order valence-electron chi connectivity index (χ0n) is 19.0. The van der Waals surface area contributed by atoms with E-state index in [1.807, 2.05) is 37.4 Å². The fraction of sp³-hybridized carbons (Fsp3) is 0.346. The van der Waals surface area contributed by atoms with Crippen molar-refractivity contribution in [3.63, 3.8) is 0 Å². The lowest BCUT2D eigenvalue weighted by Crippen LogP contribution is -2.22. The van der Waals surface area contributed by atoms with Crippen LogP contribution < -0.4 is 10.1 Å². The van der Waals surface area contributed by atoms with Crippen LogP contribution in [-0.2, 0) is 24.1 Å². The van der Waals surface area contributed by atoms with Crippen LogP contribution in [0.15, 0.2) is 35.0 Å². The van der Waals surface area contributed by atoms with E-state index in [9.17, 15) is 4.79 Å². The summed E-state index contributed by atoms with van der Waals surface area (Å²) in [7, 11) is 0. The Balaban J connectivity index is 1.41. The van der Waals surface area contributed by atoms with Gasteiger partial charge in [0.15, 0.2) is 11.9 Å². The second kappa shape index (κ2) is 8.40. The smallest absolute Gasteiger partial charge is 0.217 e. The molecule has 2 aliphatic rings. The SMILES string of the molecule is CC(=O)NC(C)c1cc2nccc(-c3cc(Cl)cc4c3O[C@@H](c3onc5c3CCCC5)C4)c2s1. The highest BCUT2D eigenvalue weighted by Crippen LogP contribution is 2.48. The number of carbonyl (C=O) groups is 1. The van der Waals surface area contributed by atoms with Gasteiger partial charge >= 0.3 is 0 Å². The van der Waals surface area contributed by atoms with Crippen molar-refractivity contribution in [1.29, 1.82) is 0 Å². The predicted molar refractivity (Wildman–Crippen MR) is 133 cm³/mol. The summed E-state index contributed by atoms with van der Waals surface area (Å²) >= 11 is 8.21. The van der Waals surface area contributed by atoms with Crippen LogP contribution in [0.3, 0.4) is 0 Å². The number of benzene rings is 1. The van der Waals surface area contributed by atoms with Gasteiger partial charge in [-0.25, -0.2) is 0 Å². The molecular weight excluding hydrogens is 470 g/mol. The molecule has 0 saturated carbocycles. The molecule has 6 nitrogen and oxygen atoms in total. The summed E-state index contributed by atoms with van der Waals surface area (Å²) in [5.41, 5.74) is 6.23. The molecule has 8 heteroatoms. The molecule has 0 bridgehead atoms. The van der Waals surface area contributed by atoms with Gasteiger partial charge in [-0.3, -0.25) is 9.78 Å². The third-order valence-corrected chi connectivity index (χ3v) is 8.20. The largest absolute Gasteiger partial charge is 0.481 e. The number of amides is 1. The monoisotopic (exact) mass is 493 g/mol. The number of carbonyl (C=O) groups excluding carboxylic acids is 1. The summed E-state index contributed by atoms with van der Waals surface area (Å²) < 4.78 is 13.4. The molecule has 2 atom stereocenters. The van der Waals surface area contributed by atoms with Gasteiger partial charge in [-0.2, -0.15) is 0 Å². The van der Waals surface area contributed by atoms with Gasteiger partial charge in [0.25, 0.3) is 0 Å². The first-order valence-electron chi connectivity index (χ1n) is 11.6. The molecule has 6 rings (SSSR count). The Labute approximate surface area is 206 Å². The molecule has 1 amide bonds. The van der Waals surface area contributed by atoms with E-state index in [1.165, 1.54) is 12.5 Å². The fourth-order valence-corrected chi connectivity index (χ4v) is 6.48. The molecule has 0 saturated heterocycles. The number of nitrogens with one attached hydrogen (secondary N) is 1. The highest BCUT2D eigenvalue weighted by atomic mass is 35.5. The van der Waals surface area contributed by atoms with Gasteiger partial charge in [-0.1, -0.05) is 16.8 Å². The summed E-state index contributed by atoms with van der Waals surface area (Å²) in [6.07, 6.45) is 6.60. The maximum Gasteiger partial charge on any atom is 0.217 e.